The van der Waals surface area contributed by atoms with E-state index in [2.05, 4.69) is 65.9 Å². The van der Waals surface area contributed by atoms with Crippen molar-refractivity contribution in [3.8, 4) is 0 Å². The Morgan fingerprint density at radius 2 is 1.94 bits per heavy atom. The summed E-state index contributed by atoms with van der Waals surface area (Å²) in [4.78, 5) is 22.6. The molecule has 0 aliphatic carbocycles. The summed E-state index contributed by atoms with van der Waals surface area (Å²) in [5.41, 5.74) is 3.67. The van der Waals surface area contributed by atoms with Crippen molar-refractivity contribution in [1.82, 2.24) is 14.8 Å². The maximum absolute atomic E-state index is 13.6. The van der Waals surface area contributed by atoms with Gasteiger partial charge in [0.05, 0.1) is 5.60 Å². The van der Waals surface area contributed by atoms with Crippen LogP contribution >= 0.6 is 0 Å². The minimum atomic E-state index is -0.223. The van der Waals surface area contributed by atoms with Gasteiger partial charge >= 0.3 is 0 Å². The second-order valence-electron chi connectivity index (χ2n) is 10.5. The van der Waals surface area contributed by atoms with Crippen molar-refractivity contribution in [3.63, 3.8) is 0 Å². The molecule has 178 valence electrons. The van der Waals surface area contributed by atoms with E-state index in [1.165, 1.54) is 11.1 Å². The summed E-state index contributed by atoms with van der Waals surface area (Å²) in [5, 5.41) is 0. The van der Waals surface area contributed by atoms with E-state index in [1.54, 1.807) is 6.20 Å². The van der Waals surface area contributed by atoms with Crippen molar-refractivity contribution >= 4 is 5.91 Å². The number of pyridine rings is 1. The average molecular weight is 450 g/mol. The van der Waals surface area contributed by atoms with Gasteiger partial charge in [-0.2, -0.15) is 0 Å². The lowest BCUT2D eigenvalue weighted by Gasteiger charge is -2.39. The molecule has 0 N–H and O–H groups in total. The van der Waals surface area contributed by atoms with Crippen LogP contribution in [-0.4, -0.2) is 52.5 Å². The third-order valence-corrected chi connectivity index (χ3v) is 7.30. The van der Waals surface area contributed by atoms with Crippen LogP contribution in [0.25, 0.3) is 0 Å². The maximum Gasteiger partial charge on any atom is 0.226 e. The molecule has 1 aromatic heterocycles. The van der Waals surface area contributed by atoms with Crippen LogP contribution in [0.5, 0.6) is 0 Å². The summed E-state index contributed by atoms with van der Waals surface area (Å²) < 4.78 is 5.88. The zero-order chi connectivity index (χ0) is 23.3. The highest BCUT2D eigenvalue weighted by molar-refractivity contribution is 5.79. The molecule has 3 heterocycles. The van der Waals surface area contributed by atoms with Gasteiger partial charge in [0.15, 0.2) is 0 Å². The number of aryl methyl sites for hydroxylation is 1. The summed E-state index contributed by atoms with van der Waals surface area (Å²) in [6, 6.07) is 12.7. The standard InChI is InChI=1S/C28H39N3O2/c1-22-7-4-5-9-26(22)21-30-14-10-23(11-15-30)19-31(20-24-8-6-13-29-18-24)27(32)25-12-16-33-28(2,3)17-25/h4-9,13,18,23,25H,10-12,14-17,19-21H2,1-3H3. The molecular weight excluding hydrogens is 410 g/mol. The van der Waals surface area contributed by atoms with Crippen LogP contribution in [0.4, 0.5) is 0 Å². The first-order valence-corrected chi connectivity index (χ1v) is 12.5. The van der Waals surface area contributed by atoms with Crippen LogP contribution in [0, 0.1) is 18.8 Å². The van der Waals surface area contributed by atoms with Gasteiger partial charge in [0.2, 0.25) is 5.91 Å². The molecule has 0 spiro atoms. The molecule has 0 radical (unpaired) electrons. The van der Waals surface area contributed by atoms with Crippen LogP contribution in [0.3, 0.4) is 0 Å². The number of benzene rings is 1. The summed E-state index contributed by atoms with van der Waals surface area (Å²) in [6.07, 6.45) is 7.58. The van der Waals surface area contributed by atoms with E-state index in [0.717, 1.165) is 57.4 Å². The number of carbonyl (C=O) groups is 1. The molecule has 2 aromatic rings. The van der Waals surface area contributed by atoms with Gasteiger partial charge in [0, 0.05) is 44.6 Å². The zero-order valence-corrected chi connectivity index (χ0v) is 20.5. The smallest absolute Gasteiger partial charge is 0.226 e. The number of likely N-dealkylation sites (tertiary alicyclic amines) is 1. The lowest BCUT2D eigenvalue weighted by molar-refractivity contribution is -0.147. The highest BCUT2D eigenvalue weighted by atomic mass is 16.5. The number of nitrogens with zero attached hydrogens (tertiary/aromatic N) is 3. The topological polar surface area (TPSA) is 45.7 Å². The van der Waals surface area contributed by atoms with Crippen LogP contribution in [-0.2, 0) is 22.6 Å². The highest BCUT2D eigenvalue weighted by Gasteiger charge is 2.36. The number of hydrogen-bond acceptors (Lipinski definition) is 4. The minimum Gasteiger partial charge on any atom is -0.376 e. The van der Waals surface area contributed by atoms with Gasteiger partial charge in [-0.25, -0.2) is 0 Å². The first-order chi connectivity index (χ1) is 15.9. The first kappa shape index (κ1) is 23.9. The quantitative estimate of drug-likeness (QED) is 0.607. The van der Waals surface area contributed by atoms with E-state index in [0.29, 0.717) is 19.1 Å². The first-order valence-electron chi connectivity index (χ1n) is 12.5. The van der Waals surface area contributed by atoms with E-state index in [9.17, 15) is 4.79 Å². The van der Waals surface area contributed by atoms with Gasteiger partial charge in [-0.05, 0) is 88.2 Å². The second kappa shape index (κ2) is 10.8. The fraction of sp³-hybridized carbons (Fsp3) is 0.571. The number of piperidine rings is 1. The molecule has 1 amide bonds. The monoisotopic (exact) mass is 449 g/mol. The van der Waals surface area contributed by atoms with Crippen LogP contribution in [0.15, 0.2) is 48.8 Å². The molecule has 2 fully saturated rings. The van der Waals surface area contributed by atoms with Gasteiger partial charge in [-0.3, -0.25) is 14.7 Å². The maximum atomic E-state index is 13.6. The molecule has 2 aliphatic rings. The number of rotatable bonds is 7. The lowest BCUT2D eigenvalue weighted by atomic mass is 9.86. The normalized spacial score (nSPS) is 21.6. The highest BCUT2D eigenvalue weighted by Crippen LogP contribution is 2.31. The van der Waals surface area contributed by atoms with Gasteiger partial charge < -0.3 is 9.64 Å². The Balaban J connectivity index is 1.38. The molecule has 5 nitrogen and oxygen atoms in total. The largest absolute Gasteiger partial charge is 0.376 e. The van der Waals surface area contributed by atoms with Gasteiger partial charge in [0.25, 0.3) is 0 Å². The predicted octanol–water partition coefficient (Wildman–Crippen LogP) is 4.84. The van der Waals surface area contributed by atoms with Gasteiger partial charge in [0.1, 0.15) is 0 Å². The van der Waals surface area contributed by atoms with E-state index in [1.807, 2.05) is 12.3 Å². The fourth-order valence-corrected chi connectivity index (χ4v) is 5.31. The Bertz CT molecular complexity index is 906. The Morgan fingerprint density at radius 3 is 2.64 bits per heavy atom. The summed E-state index contributed by atoms with van der Waals surface area (Å²) in [7, 11) is 0. The zero-order valence-electron chi connectivity index (χ0n) is 20.5. The Kier molecular flexibility index (Phi) is 7.82. The molecule has 5 heteroatoms. The van der Waals surface area contributed by atoms with E-state index in [4.69, 9.17) is 4.74 Å². The van der Waals surface area contributed by atoms with Crippen molar-refractivity contribution in [3.05, 3.63) is 65.5 Å². The summed E-state index contributed by atoms with van der Waals surface area (Å²) in [5.74, 6) is 0.885. The average Bonchev–Trinajstić information content (AvgIpc) is 2.81. The number of aromatic nitrogens is 1. The van der Waals surface area contributed by atoms with E-state index in [-0.39, 0.29) is 17.4 Å². The molecule has 2 aliphatic heterocycles. The number of carbonyl (C=O) groups excluding carboxylic acids is 1. The summed E-state index contributed by atoms with van der Waals surface area (Å²) >= 11 is 0. The minimum absolute atomic E-state index is 0.0477. The third kappa shape index (κ3) is 6.64. The van der Waals surface area contributed by atoms with E-state index >= 15 is 0 Å². The van der Waals surface area contributed by atoms with Crippen LogP contribution in [0.1, 0.15) is 56.2 Å². The summed E-state index contributed by atoms with van der Waals surface area (Å²) in [6.45, 7) is 11.8. The fourth-order valence-electron chi connectivity index (χ4n) is 5.31. The Labute approximate surface area is 199 Å². The third-order valence-electron chi connectivity index (χ3n) is 7.30. The molecule has 33 heavy (non-hydrogen) atoms. The van der Waals surface area contributed by atoms with Crippen LogP contribution in [0.2, 0.25) is 0 Å². The van der Waals surface area contributed by atoms with E-state index < -0.39 is 0 Å². The number of ether oxygens (including phenoxy) is 1. The molecule has 0 saturated carbocycles. The van der Waals surface area contributed by atoms with Crippen molar-refractivity contribution in [2.45, 2.75) is 65.1 Å². The second-order valence-corrected chi connectivity index (χ2v) is 10.5. The van der Waals surface area contributed by atoms with Crippen molar-refractivity contribution in [2.24, 2.45) is 11.8 Å². The number of hydrogen-bond donors (Lipinski definition) is 0. The molecule has 1 unspecified atom stereocenters. The van der Waals surface area contributed by atoms with Crippen molar-refractivity contribution in [1.29, 1.82) is 0 Å². The molecule has 2 saturated heterocycles. The number of amides is 1. The molecular formula is C28H39N3O2. The Hall–Kier alpha value is -2.24. The molecule has 4 rings (SSSR count). The van der Waals surface area contributed by atoms with Crippen molar-refractivity contribution in [2.75, 3.05) is 26.2 Å². The lowest BCUT2D eigenvalue weighted by Crippen LogP contribution is -2.46. The molecule has 1 atom stereocenters. The Morgan fingerprint density at radius 1 is 1.15 bits per heavy atom. The molecule has 0 bridgehead atoms. The predicted molar refractivity (Wildman–Crippen MR) is 132 cm³/mol. The SMILES string of the molecule is Cc1ccccc1CN1CCC(CN(Cc2cccnc2)C(=O)C2CCOC(C)(C)C2)CC1. The van der Waals surface area contributed by atoms with Crippen LogP contribution < -0.4 is 0 Å². The molecule has 1 aromatic carbocycles. The van der Waals surface area contributed by atoms with Crippen molar-refractivity contribution < 1.29 is 9.53 Å². The van der Waals surface area contributed by atoms with Gasteiger partial charge in [-0.1, -0.05) is 30.3 Å². The van der Waals surface area contributed by atoms with Gasteiger partial charge in [-0.15, -0.1) is 0 Å².